The van der Waals surface area contributed by atoms with Crippen LogP contribution in [0.1, 0.15) is 37.3 Å². The predicted molar refractivity (Wildman–Crippen MR) is 116 cm³/mol. The Morgan fingerprint density at radius 1 is 1.03 bits per heavy atom. The SMILES string of the molecule is CCCCCNC(=O)CN(c1ccc(C)cc1)S(=O)(=O)c1cc(C)ccc1OC. The number of anilines is 1. The van der Waals surface area contributed by atoms with Crippen molar-refractivity contribution in [2.75, 3.05) is 24.5 Å². The Morgan fingerprint density at radius 3 is 2.31 bits per heavy atom. The number of rotatable bonds is 10. The number of benzene rings is 2. The number of hydrogen-bond donors (Lipinski definition) is 1. The number of hydrogen-bond acceptors (Lipinski definition) is 4. The molecule has 7 heteroatoms. The van der Waals surface area contributed by atoms with Crippen molar-refractivity contribution in [3.8, 4) is 5.75 Å². The monoisotopic (exact) mass is 418 g/mol. The molecule has 0 saturated heterocycles. The van der Waals surface area contributed by atoms with Crippen LogP contribution in [0.4, 0.5) is 5.69 Å². The summed E-state index contributed by atoms with van der Waals surface area (Å²) in [7, 11) is -2.58. The van der Waals surface area contributed by atoms with Gasteiger partial charge in [-0.2, -0.15) is 0 Å². The molecule has 6 nitrogen and oxygen atoms in total. The van der Waals surface area contributed by atoms with Crippen LogP contribution in [0.25, 0.3) is 0 Å². The van der Waals surface area contributed by atoms with E-state index in [-0.39, 0.29) is 23.1 Å². The Bertz CT molecular complexity index is 924. The van der Waals surface area contributed by atoms with E-state index in [4.69, 9.17) is 4.74 Å². The molecule has 2 aromatic carbocycles. The maximum atomic E-state index is 13.5. The molecular formula is C22H30N2O4S. The third-order valence-corrected chi connectivity index (χ3v) is 6.39. The number of ether oxygens (including phenoxy) is 1. The predicted octanol–water partition coefficient (Wildman–Crippen LogP) is 3.81. The summed E-state index contributed by atoms with van der Waals surface area (Å²) in [5, 5.41) is 2.82. The van der Waals surface area contributed by atoms with Crippen LogP contribution in [0, 0.1) is 13.8 Å². The number of sulfonamides is 1. The van der Waals surface area contributed by atoms with Crippen LogP contribution >= 0.6 is 0 Å². The molecule has 0 saturated carbocycles. The minimum atomic E-state index is -4.02. The molecule has 0 unspecified atom stereocenters. The third kappa shape index (κ3) is 5.97. The first-order valence-electron chi connectivity index (χ1n) is 9.80. The van der Waals surface area contributed by atoms with Crippen LogP contribution in [0.2, 0.25) is 0 Å². The molecule has 0 atom stereocenters. The number of aryl methyl sites for hydroxylation is 2. The fraction of sp³-hybridized carbons (Fsp3) is 0.409. The van der Waals surface area contributed by atoms with Crippen LogP contribution in [0.15, 0.2) is 47.4 Å². The molecule has 158 valence electrons. The first-order valence-corrected chi connectivity index (χ1v) is 11.2. The second kappa shape index (κ2) is 10.3. The molecule has 0 aliphatic carbocycles. The third-order valence-electron chi connectivity index (χ3n) is 4.60. The molecule has 0 bridgehead atoms. The van der Waals surface area contributed by atoms with E-state index in [9.17, 15) is 13.2 Å². The molecule has 0 aliphatic rings. The van der Waals surface area contributed by atoms with Gasteiger partial charge in [-0.05, 0) is 50.1 Å². The topological polar surface area (TPSA) is 75.7 Å². The summed E-state index contributed by atoms with van der Waals surface area (Å²) >= 11 is 0. The Labute approximate surface area is 173 Å². The lowest BCUT2D eigenvalue weighted by Crippen LogP contribution is -2.41. The van der Waals surface area contributed by atoms with Gasteiger partial charge in [-0.3, -0.25) is 9.10 Å². The van der Waals surface area contributed by atoms with Crippen molar-refractivity contribution in [1.29, 1.82) is 0 Å². The fourth-order valence-electron chi connectivity index (χ4n) is 2.92. The van der Waals surface area contributed by atoms with E-state index in [2.05, 4.69) is 12.2 Å². The standard InChI is InChI=1S/C22H30N2O4S/c1-5-6-7-14-23-22(25)16-24(19-11-8-17(2)9-12-19)29(26,27)21-15-18(3)10-13-20(21)28-4/h8-13,15H,5-7,14,16H2,1-4H3,(H,23,25). The Balaban J connectivity index is 2.40. The van der Waals surface area contributed by atoms with E-state index in [0.29, 0.717) is 12.2 Å². The summed E-state index contributed by atoms with van der Waals surface area (Å²) in [4.78, 5) is 12.5. The van der Waals surface area contributed by atoms with Crippen LogP contribution in [0.3, 0.4) is 0 Å². The summed E-state index contributed by atoms with van der Waals surface area (Å²) in [6.45, 7) is 6.06. The normalized spacial score (nSPS) is 11.2. The van der Waals surface area contributed by atoms with E-state index in [1.165, 1.54) is 7.11 Å². The van der Waals surface area contributed by atoms with E-state index in [0.717, 1.165) is 34.7 Å². The first kappa shape index (κ1) is 22.7. The molecule has 0 radical (unpaired) electrons. The van der Waals surface area contributed by atoms with Crippen LogP contribution in [-0.4, -0.2) is 34.5 Å². The number of amides is 1. The molecule has 0 aromatic heterocycles. The number of nitrogens with one attached hydrogen (secondary N) is 1. The van der Waals surface area contributed by atoms with E-state index in [1.807, 2.05) is 26.0 Å². The first-order chi connectivity index (χ1) is 13.8. The van der Waals surface area contributed by atoms with Crippen molar-refractivity contribution in [1.82, 2.24) is 5.32 Å². The van der Waals surface area contributed by atoms with Crippen molar-refractivity contribution in [3.05, 3.63) is 53.6 Å². The molecular weight excluding hydrogens is 388 g/mol. The Hall–Kier alpha value is -2.54. The van der Waals surface area contributed by atoms with Gasteiger partial charge < -0.3 is 10.1 Å². The lowest BCUT2D eigenvalue weighted by molar-refractivity contribution is -0.119. The van der Waals surface area contributed by atoms with Gasteiger partial charge in [-0.1, -0.05) is 43.5 Å². The molecule has 0 spiro atoms. The average molecular weight is 419 g/mol. The summed E-state index contributed by atoms with van der Waals surface area (Å²) in [5.74, 6) is -0.0899. The second-order valence-electron chi connectivity index (χ2n) is 7.06. The maximum Gasteiger partial charge on any atom is 0.268 e. The lowest BCUT2D eigenvalue weighted by Gasteiger charge is -2.25. The van der Waals surface area contributed by atoms with Crippen molar-refractivity contribution in [3.63, 3.8) is 0 Å². The minimum absolute atomic E-state index is 0.0411. The largest absolute Gasteiger partial charge is 0.495 e. The number of methoxy groups -OCH3 is 1. The molecule has 0 aliphatic heterocycles. The highest BCUT2D eigenvalue weighted by Crippen LogP contribution is 2.30. The van der Waals surface area contributed by atoms with Gasteiger partial charge in [0.2, 0.25) is 5.91 Å². The zero-order valence-corrected chi connectivity index (χ0v) is 18.4. The molecule has 0 fully saturated rings. The number of unbranched alkanes of at least 4 members (excludes halogenated alkanes) is 2. The highest BCUT2D eigenvalue weighted by Gasteiger charge is 2.30. The number of nitrogens with zero attached hydrogens (tertiary/aromatic N) is 1. The van der Waals surface area contributed by atoms with Gasteiger partial charge in [0.1, 0.15) is 17.2 Å². The van der Waals surface area contributed by atoms with Crippen LogP contribution in [0.5, 0.6) is 5.75 Å². The van der Waals surface area contributed by atoms with E-state index < -0.39 is 10.0 Å². The van der Waals surface area contributed by atoms with Gasteiger partial charge in [0.15, 0.2) is 0 Å². The highest BCUT2D eigenvalue weighted by molar-refractivity contribution is 7.93. The fourth-order valence-corrected chi connectivity index (χ4v) is 4.58. The van der Waals surface area contributed by atoms with Gasteiger partial charge in [-0.15, -0.1) is 0 Å². The van der Waals surface area contributed by atoms with Crippen LogP contribution in [-0.2, 0) is 14.8 Å². The van der Waals surface area contributed by atoms with E-state index >= 15 is 0 Å². The maximum absolute atomic E-state index is 13.5. The quantitative estimate of drug-likeness (QED) is 0.595. The van der Waals surface area contributed by atoms with Crippen molar-refractivity contribution in [2.45, 2.75) is 44.9 Å². The summed E-state index contributed by atoms with van der Waals surface area (Å²) in [6, 6.07) is 12.0. The van der Waals surface area contributed by atoms with Crippen molar-refractivity contribution >= 4 is 21.6 Å². The number of carbonyl (C=O) groups excluding carboxylic acids is 1. The Morgan fingerprint density at radius 2 is 1.69 bits per heavy atom. The highest BCUT2D eigenvalue weighted by atomic mass is 32.2. The van der Waals surface area contributed by atoms with Crippen molar-refractivity contribution < 1.29 is 17.9 Å². The summed E-state index contributed by atoms with van der Waals surface area (Å²) in [5.41, 5.74) is 2.23. The average Bonchev–Trinajstić information content (AvgIpc) is 2.70. The zero-order chi connectivity index (χ0) is 21.4. The van der Waals surface area contributed by atoms with Gasteiger partial charge in [0.05, 0.1) is 12.8 Å². The zero-order valence-electron chi connectivity index (χ0n) is 17.6. The lowest BCUT2D eigenvalue weighted by atomic mass is 10.2. The molecule has 0 heterocycles. The second-order valence-corrected chi connectivity index (χ2v) is 8.89. The smallest absolute Gasteiger partial charge is 0.268 e. The van der Waals surface area contributed by atoms with Crippen LogP contribution < -0.4 is 14.4 Å². The number of carbonyl (C=O) groups is 1. The van der Waals surface area contributed by atoms with Crippen molar-refractivity contribution in [2.24, 2.45) is 0 Å². The minimum Gasteiger partial charge on any atom is -0.495 e. The molecule has 1 amide bonds. The summed E-state index contributed by atoms with van der Waals surface area (Å²) in [6.07, 6.45) is 2.93. The molecule has 2 aromatic rings. The van der Waals surface area contributed by atoms with Gasteiger partial charge in [0, 0.05) is 6.54 Å². The molecule has 2 rings (SSSR count). The Kier molecular flexibility index (Phi) is 8.08. The summed E-state index contributed by atoms with van der Waals surface area (Å²) < 4.78 is 33.5. The van der Waals surface area contributed by atoms with Gasteiger partial charge >= 0.3 is 0 Å². The van der Waals surface area contributed by atoms with Gasteiger partial charge in [-0.25, -0.2) is 8.42 Å². The molecule has 1 N–H and O–H groups in total. The van der Waals surface area contributed by atoms with E-state index in [1.54, 1.807) is 30.3 Å². The molecule has 29 heavy (non-hydrogen) atoms. The van der Waals surface area contributed by atoms with Gasteiger partial charge in [0.25, 0.3) is 10.0 Å².